The van der Waals surface area contributed by atoms with Gasteiger partial charge in [0.1, 0.15) is 5.01 Å². The molecule has 0 aliphatic rings. The molecule has 130 valence electrons. The quantitative estimate of drug-likeness (QED) is 0.460. The fraction of sp³-hybridized carbons (Fsp3) is 0.263. The molecule has 0 radical (unpaired) electrons. The molecule has 2 aromatic heterocycles. The zero-order chi connectivity index (χ0) is 17.6. The first-order valence-electron chi connectivity index (χ1n) is 8.05. The Labute approximate surface area is 160 Å². The minimum Gasteiger partial charge on any atom is -0.355 e. The SMILES string of the molecule is Cc1ccc(SCCNC(=O)Cc2csc(-c3ccsc3)n2)cc1C. The average Bonchev–Trinajstić information content (AvgIpc) is 3.26. The van der Waals surface area contributed by atoms with Crippen LogP contribution in [0, 0.1) is 13.8 Å². The number of aromatic nitrogens is 1. The maximum atomic E-state index is 12.1. The normalized spacial score (nSPS) is 10.8. The van der Waals surface area contributed by atoms with Gasteiger partial charge in [-0.15, -0.1) is 23.1 Å². The van der Waals surface area contributed by atoms with Crippen LogP contribution in [0.2, 0.25) is 0 Å². The molecule has 0 saturated heterocycles. The summed E-state index contributed by atoms with van der Waals surface area (Å²) in [4.78, 5) is 17.9. The van der Waals surface area contributed by atoms with Crippen LogP contribution in [0.5, 0.6) is 0 Å². The van der Waals surface area contributed by atoms with Gasteiger partial charge in [-0.05, 0) is 48.6 Å². The van der Waals surface area contributed by atoms with Gasteiger partial charge in [-0.2, -0.15) is 11.3 Å². The maximum absolute atomic E-state index is 12.1. The van der Waals surface area contributed by atoms with E-state index in [0.717, 1.165) is 22.0 Å². The van der Waals surface area contributed by atoms with Crippen LogP contribution in [0.1, 0.15) is 16.8 Å². The summed E-state index contributed by atoms with van der Waals surface area (Å²) in [7, 11) is 0. The maximum Gasteiger partial charge on any atom is 0.226 e. The minimum atomic E-state index is 0.0304. The molecule has 6 heteroatoms. The number of thiophene rings is 1. The highest BCUT2D eigenvalue weighted by molar-refractivity contribution is 7.99. The van der Waals surface area contributed by atoms with E-state index in [2.05, 4.69) is 53.8 Å². The van der Waals surface area contributed by atoms with Gasteiger partial charge < -0.3 is 5.32 Å². The topological polar surface area (TPSA) is 42.0 Å². The van der Waals surface area contributed by atoms with Crippen molar-refractivity contribution in [2.75, 3.05) is 12.3 Å². The van der Waals surface area contributed by atoms with Crippen molar-refractivity contribution >= 4 is 40.3 Å². The molecule has 1 amide bonds. The molecule has 0 aliphatic carbocycles. The summed E-state index contributed by atoms with van der Waals surface area (Å²) < 4.78 is 0. The van der Waals surface area contributed by atoms with Crippen molar-refractivity contribution in [3.63, 3.8) is 0 Å². The molecule has 3 nitrogen and oxygen atoms in total. The Morgan fingerprint density at radius 3 is 2.84 bits per heavy atom. The summed E-state index contributed by atoms with van der Waals surface area (Å²) in [5.74, 6) is 0.897. The number of thioether (sulfide) groups is 1. The summed E-state index contributed by atoms with van der Waals surface area (Å²) in [6.45, 7) is 4.91. The lowest BCUT2D eigenvalue weighted by Crippen LogP contribution is -2.27. The number of benzene rings is 1. The first-order valence-corrected chi connectivity index (χ1v) is 10.9. The smallest absolute Gasteiger partial charge is 0.226 e. The molecule has 0 atom stereocenters. The van der Waals surface area contributed by atoms with Gasteiger partial charge in [-0.3, -0.25) is 4.79 Å². The molecule has 3 aromatic rings. The van der Waals surface area contributed by atoms with Gasteiger partial charge in [0.2, 0.25) is 5.91 Å². The Balaban J connectivity index is 1.41. The van der Waals surface area contributed by atoms with Gasteiger partial charge in [0, 0.05) is 33.5 Å². The van der Waals surface area contributed by atoms with Gasteiger partial charge >= 0.3 is 0 Å². The number of carbonyl (C=O) groups is 1. The van der Waals surface area contributed by atoms with Crippen molar-refractivity contribution in [1.29, 1.82) is 0 Å². The lowest BCUT2D eigenvalue weighted by molar-refractivity contribution is -0.120. The molecule has 0 saturated carbocycles. The van der Waals surface area contributed by atoms with E-state index < -0.39 is 0 Å². The second-order valence-corrected chi connectivity index (χ2v) is 8.58. The van der Waals surface area contributed by atoms with Crippen molar-refractivity contribution in [2.24, 2.45) is 0 Å². The Bertz CT molecular complexity index is 840. The summed E-state index contributed by atoms with van der Waals surface area (Å²) in [6.07, 6.45) is 0.342. The monoisotopic (exact) mass is 388 g/mol. The number of thiazole rings is 1. The van der Waals surface area contributed by atoms with Gasteiger partial charge in [0.15, 0.2) is 0 Å². The average molecular weight is 389 g/mol. The Hall–Kier alpha value is -1.63. The van der Waals surface area contributed by atoms with E-state index in [4.69, 9.17) is 0 Å². The number of amides is 1. The Morgan fingerprint density at radius 1 is 1.20 bits per heavy atom. The van der Waals surface area contributed by atoms with Gasteiger partial charge in [-0.25, -0.2) is 4.98 Å². The van der Waals surface area contributed by atoms with Crippen molar-refractivity contribution in [3.8, 4) is 10.6 Å². The number of carbonyl (C=O) groups excluding carboxylic acids is 1. The summed E-state index contributed by atoms with van der Waals surface area (Å²) in [5, 5.41) is 10.0. The van der Waals surface area contributed by atoms with Crippen molar-refractivity contribution in [2.45, 2.75) is 25.2 Å². The molecule has 0 bridgehead atoms. The molecule has 0 unspecified atom stereocenters. The van der Waals surface area contributed by atoms with Crippen LogP contribution in [0.3, 0.4) is 0 Å². The van der Waals surface area contributed by atoms with Gasteiger partial charge in [0.25, 0.3) is 0 Å². The first-order chi connectivity index (χ1) is 12.1. The van der Waals surface area contributed by atoms with Crippen LogP contribution in [0.4, 0.5) is 0 Å². The molecule has 3 rings (SSSR count). The summed E-state index contributed by atoms with van der Waals surface area (Å²) >= 11 is 5.01. The molecular weight excluding hydrogens is 368 g/mol. The van der Waals surface area contributed by atoms with E-state index in [1.54, 1.807) is 34.4 Å². The number of nitrogens with one attached hydrogen (secondary N) is 1. The molecule has 1 aromatic carbocycles. The number of rotatable bonds is 7. The molecule has 1 N–H and O–H groups in total. The first kappa shape index (κ1) is 18.2. The highest BCUT2D eigenvalue weighted by Crippen LogP contribution is 2.25. The van der Waals surface area contributed by atoms with E-state index in [0.29, 0.717) is 13.0 Å². The van der Waals surface area contributed by atoms with Crippen molar-refractivity contribution in [1.82, 2.24) is 10.3 Å². The molecule has 2 heterocycles. The lowest BCUT2D eigenvalue weighted by atomic mass is 10.1. The van der Waals surface area contributed by atoms with Gasteiger partial charge in [0.05, 0.1) is 12.1 Å². The highest BCUT2D eigenvalue weighted by Gasteiger charge is 2.09. The van der Waals surface area contributed by atoms with Crippen LogP contribution in [-0.2, 0) is 11.2 Å². The van der Waals surface area contributed by atoms with E-state index in [9.17, 15) is 4.79 Å². The van der Waals surface area contributed by atoms with E-state index in [-0.39, 0.29) is 5.91 Å². The standard InChI is InChI=1S/C19H20N2OS3/c1-13-3-4-17(9-14(13)2)24-8-6-20-18(22)10-16-12-25-19(21-16)15-5-7-23-11-15/h3-5,7,9,11-12H,6,8,10H2,1-2H3,(H,20,22). The molecule has 0 aliphatic heterocycles. The fourth-order valence-electron chi connectivity index (χ4n) is 2.30. The number of aryl methyl sites for hydroxylation is 2. The largest absolute Gasteiger partial charge is 0.355 e. The van der Waals surface area contributed by atoms with E-state index in [1.165, 1.54) is 16.0 Å². The predicted octanol–water partition coefficient (Wildman–Crippen LogP) is 4.94. The van der Waals surface area contributed by atoms with E-state index in [1.807, 2.05) is 10.8 Å². The number of hydrogen-bond donors (Lipinski definition) is 1. The zero-order valence-corrected chi connectivity index (χ0v) is 16.7. The van der Waals surface area contributed by atoms with Crippen LogP contribution in [0.15, 0.2) is 45.3 Å². The second-order valence-electron chi connectivity index (χ2n) is 5.78. The van der Waals surface area contributed by atoms with Crippen LogP contribution in [-0.4, -0.2) is 23.2 Å². The second kappa shape index (κ2) is 8.65. The summed E-state index contributed by atoms with van der Waals surface area (Å²) in [6, 6.07) is 8.53. The number of nitrogens with zero attached hydrogens (tertiary/aromatic N) is 1. The van der Waals surface area contributed by atoms with E-state index >= 15 is 0 Å². The van der Waals surface area contributed by atoms with Crippen LogP contribution in [0.25, 0.3) is 10.6 Å². The molecule has 0 fully saturated rings. The predicted molar refractivity (Wildman–Crippen MR) is 109 cm³/mol. The molecule has 25 heavy (non-hydrogen) atoms. The third-order valence-electron chi connectivity index (χ3n) is 3.83. The lowest BCUT2D eigenvalue weighted by Gasteiger charge is -2.06. The molecule has 0 spiro atoms. The zero-order valence-electron chi connectivity index (χ0n) is 14.2. The van der Waals surface area contributed by atoms with Crippen molar-refractivity contribution < 1.29 is 4.79 Å². The Morgan fingerprint density at radius 2 is 2.08 bits per heavy atom. The highest BCUT2D eigenvalue weighted by atomic mass is 32.2. The Kier molecular flexibility index (Phi) is 6.29. The summed E-state index contributed by atoms with van der Waals surface area (Å²) in [5.41, 5.74) is 4.58. The third-order valence-corrected chi connectivity index (χ3v) is 6.45. The van der Waals surface area contributed by atoms with Crippen LogP contribution >= 0.6 is 34.4 Å². The van der Waals surface area contributed by atoms with Crippen molar-refractivity contribution in [3.05, 3.63) is 57.2 Å². The minimum absolute atomic E-state index is 0.0304. The number of hydrogen-bond acceptors (Lipinski definition) is 5. The molecular formula is C19H20N2OS3. The van der Waals surface area contributed by atoms with Crippen LogP contribution < -0.4 is 5.32 Å². The van der Waals surface area contributed by atoms with Gasteiger partial charge in [-0.1, -0.05) is 6.07 Å². The fourth-order valence-corrected chi connectivity index (χ4v) is 4.69. The third kappa shape index (κ3) is 5.17.